The predicted octanol–water partition coefficient (Wildman–Crippen LogP) is 2.05. The van der Waals surface area contributed by atoms with Gasteiger partial charge in [-0.3, -0.25) is 14.4 Å². The molecule has 0 aromatic heterocycles. The van der Waals surface area contributed by atoms with Crippen LogP contribution >= 0.6 is 0 Å². The fraction of sp³-hybridized carbons (Fsp3) is 0.786. The Labute approximate surface area is 107 Å². The summed E-state index contributed by atoms with van der Waals surface area (Å²) >= 11 is 0. The van der Waals surface area contributed by atoms with E-state index in [1.54, 1.807) is 0 Å². The normalized spacial score (nSPS) is 34.1. The molecule has 0 atom stereocenters. The molecular weight excluding hydrogens is 232 g/mol. The SMILES string of the molecule is COC(=O)C12CCC(C(=O)CC(C)=O)(CC1)CC2. The van der Waals surface area contributed by atoms with Gasteiger partial charge in [-0.15, -0.1) is 0 Å². The van der Waals surface area contributed by atoms with Gasteiger partial charge in [-0.25, -0.2) is 0 Å². The van der Waals surface area contributed by atoms with Gasteiger partial charge >= 0.3 is 5.97 Å². The molecule has 2 bridgehead atoms. The summed E-state index contributed by atoms with van der Waals surface area (Å²) in [6.45, 7) is 1.46. The molecule has 0 amide bonds. The fourth-order valence-corrected chi connectivity index (χ4v) is 3.54. The third kappa shape index (κ3) is 1.98. The number of carbonyl (C=O) groups is 3. The number of carbonyl (C=O) groups excluding carboxylic acids is 3. The summed E-state index contributed by atoms with van der Waals surface area (Å²) < 4.78 is 4.89. The minimum atomic E-state index is -0.354. The molecule has 18 heavy (non-hydrogen) atoms. The van der Waals surface area contributed by atoms with E-state index in [9.17, 15) is 14.4 Å². The minimum absolute atomic E-state index is 0.0468. The third-order valence-electron chi connectivity index (χ3n) is 4.87. The highest BCUT2D eigenvalue weighted by atomic mass is 16.5. The molecule has 3 saturated carbocycles. The number of methoxy groups -OCH3 is 1. The van der Waals surface area contributed by atoms with Crippen LogP contribution < -0.4 is 0 Å². The van der Waals surface area contributed by atoms with E-state index in [1.165, 1.54) is 14.0 Å². The Morgan fingerprint density at radius 1 is 0.944 bits per heavy atom. The van der Waals surface area contributed by atoms with E-state index in [-0.39, 0.29) is 34.8 Å². The maximum atomic E-state index is 12.2. The summed E-state index contributed by atoms with van der Waals surface area (Å²) in [5, 5.41) is 0. The van der Waals surface area contributed by atoms with Crippen molar-refractivity contribution in [2.24, 2.45) is 10.8 Å². The lowest BCUT2D eigenvalue weighted by atomic mass is 9.52. The second-order valence-electron chi connectivity index (χ2n) is 5.85. The number of esters is 1. The maximum Gasteiger partial charge on any atom is 0.311 e. The minimum Gasteiger partial charge on any atom is -0.469 e. The summed E-state index contributed by atoms with van der Waals surface area (Å²) in [6, 6.07) is 0. The van der Waals surface area contributed by atoms with Crippen LogP contribution in [0.1, 0.15) is 51.9 Å². The van der Waals surface area contributed by atoms with Gasteiger partial charge in [-0.05, 0) is 45.4 Å². The van der Waals surface area contributed by atoms with Gasteiger partial charge in [0.2, 0.25) is 0 Å². The lowest BCUT2D eigenvalue weighted by molar-refractivity contribution is -0.166. The van der Waals surface area contributed by atoms with Gasteiger partial charge in [0, 0.05) is 5.41 Å². The topological polar surface area (TPSA) is 60.4 Å². The lowest BCUT2D eigenvalue weighted by Crippen LogP contribution is -2.49. The highest BCUT2D eigenvalue weighted by Crippen LogP contribution is 2.57. The fourth-order valence-electron chi connectivity index (χ4n) is 3.54. The molecule has 4 heteroatoms. The molecule has 0 spiro atoms. The molecule has 3 fully saturated rings. The van der Waals surface area contributed by atoms with Crippen molar-refractivity contribution < 1.29 is 19.1 Å². The van der Waals surface area contributed by atoms with E-state index in [0.29, 0.717) is 0 Å². The number of hydrogen-bond donors (Lipinski definition) is 0. The van der Waals surface area contributed by atoms with Crippen LogP contribution in [0.4, 0.5) is 0 Å². The molecule has 0 heterocycles. The molecule has 3 aliphatic carbocycles. The average Bonchev–Trinajstić information content (AvgIpc) is 2.39. The molecule has 0 aromatic rings. The zero-order valence-electron chi connectivity index (χ0n) is 11.1. The highest BCUT2D eigenvalue weighted by molar-refractivity contribution is 6.01. The van der Waals surface area contributed by atoms with E-state index in [1.807, 2.05) is 0 Å². The van der Waals surface area contributed by atoms with Crippen molar-refractivity contribution in [2.75, 3.05) is 7.11 Å². The molecule has 0 N–H and O–H groups in total. The molecule has 3 aliphatic rings. The lowest BCUT2D eigenvalue weighted by Gasteiger charge is -2.50. The zero-order chi connectivity index (χ0) is 13.4. The van der Waals surface area contributed by atoms with Crippen LogP contribution in [-0.2, 0) is 19.1 Å². The first-order valence-corrected chi connectivity index (χ1v) is 6.55. The second-order valence-corrected chi connectivity index (χ2v) is 5.85. The van der Waals surface area contributed by atoms with Gasteiger partial charge in [0.25, 0.3) is 0 Å². The Balaban J connectivity index is 2.10. The monoisotopic (exact) mass is 252 g/mol. The smallest absolute Gasteiger partial charge is 0.311 e. The van der Waals surface area contributed by atoms with Crippen molar-refractivity contribution in [1.29, 1.82) is 0 Å². The molecule has 100 valence electrons. The summed E-state index contributed by atoms with van der Waals surface area (Å²) in [4.78, 5) is 35.1. The molecule has 0 unspecified atom stereocenters. The van der Waals surface area contributed by atoms with Gasteiger partial charge in [-0.1, -0.05) is 0 Å². The number of ether oxygens (including phenoxy) is 1. The third-order valence-corrected chi connectivity index (χ3v) is 4.87. The predicted molar refractivity (Wildman–Crippen MR) is 64.9 cm³/mol. The van der Waals surface area contributed by atoms with Gasteiger partial charge in [0.1, 0.15) is 11.6 Å². The van der Waals surface area contributed by atoms with Crippen molar-refractivity contribution in [3.63, 3.8) is 0 Å². The Kier molecular flexibility index (Phi) is 3.30. The molecule has 0 aliphatic heterocycles. The quantitative estimate of drug-likeness (QED) is 0.567. The number of fused-ring (bicyclic) bond motifs is 3. The van der Waals surface area contributed by atoms with E-state index < -0.39 is 0 Å². The van der Waals surface area contributed by atoms with Crippen LogP contribution in [0, 0.1) is 10.8 Å². The van der Waals surface area contributed by atoms with E-state index >= 15 is 0 Å². The van der Waals surface area contributed by atoms with Gasteiger partial charge in [0.15, 0.2) is 0 Å². The zero-order valence-corrected chi connectivity index (χ0v) is 11.1. The van der Waals surface area contributed by atoms with Crippen molar-refractivity contribution in [3.05, 3.63) is 0 Å². The first-order valence-electron chi connectivity index (χ1n) is 6.55. The number of rotatable bonds is 4. The van der Waals surface area contributed by atoms with Gasteiger partial charge < -0.3 is 4.74 Å². The van der Waals surface area contributed by atoms with Crippen molar-refractivity contribution in [1.82, 2.24) is 0 Å². The molecule has 4 nitrogen and oxygen atoms in total. The van der Waals surface area contributed by atoms with Gasteiger partial charge in [0.05, 0.1) is 18.9 Å². The Bertz CT molecular complexity index is 372. The Hall–Kier alpha value is -1.19. The number of ketones is 2. The van der Waals surface area contributed by atoms with Crippen LogP contribution in [0.2, 0.25) is 0 Å². The summed E-state index contributed by atoms with van der Waals surface area (Å²) in [5.41, 5.74) is -0.686. The second kappa shape index (κ2) is 4.48. The molecule has 0 aromatic carbocycles. The van der Waals surface area contributed by atoms with Crippen LogP contribution in [0.15, 0.2) is 0 Å². The summed E-state index contributed by atoms with van der Waals surface area (Å²) in [6.07, 6.45) is 4.41. The van der Waals surface area contributed by atoms with Crippen LogP contribution in [0.25, 0.3) is 0 Å². The largest absolute Gasteiger partial charge is 0.469 e. The maximum absolute atomic E-state index is 12.2. The summed E-state index contributed by atoms with van der Waals surface area (Å²) in [5.74, 6) is -0.118. The van der Waals surface area contributed by atoms with Crippen molar-refractivity contribution in [2.45, 2.75) is 51.9 Å². The molecule has 0 saturated heterocycles. The van der Waals surface area contributed by atoms with E-state index in [4.69, 9.17) is 4.74 Å². The summed E-state index contributed by atoms with van der Waals surface area (Å²) in [7, 11) is 1.43. The van der Waals surface area contributed by atoms with E-state index in [2.05, 4.69) is 0 Å². The molecule has 3 rings (SSSR count). The molecule has 0 radical (unpaired) electrons. The van der Waals surface area contributed by atoms with E-state index in [0.717, 1.165) is 38.5 Å². The average molecular weight is 252 g/mol. The van der Waals surface area contributed by atoms with Crippen molar-refractivity contribution in [3.8, 4) is 0 Å². The standard InChI is InChI=1S/C14H20O4/c1-10(15)9-11(16)13-3-6-14(7-4-13,8-5-13)12(17)18-2/h3-9H2,1-2H3. The van der Waals surface area contributed by atoms with Crippen LogP contribution in [0.3, 0.4) is 0 Å². The van der Waals surface area contributed by atoms with Crippen LogP contribution in [-0.4, -0.2) is 24.6 Å². The Morgan fingerprint density at radius 3 is 1.78 bits per heavy atom. The Morgan fingerprint density at radius 2 is 1.39 bits per heavy atom. The number of hydrogen-bond acceptors (Lipinski definition) is 4. The number of Topliss-reactive ketones (excluding diaryl/α,β-unsaturated/α-hetero) is 2. The van der Waals surface area contributed by atoms with Crippen LogP contribution in [0.5, 0.6) is 0 Å². The highest BCUT2D eigenvalue weighted by Gasteiger charge is 2.55. The molecular formula is C14H20O4. The first-order chi connectivity index (χ1) is 8.44. The van der Waals surface area contributed by atoms with Gasteiger partial charge in [-0.2, -0.15) is 0 Å². The van der Waals surface area contributed by atoms with Crippen molar-refractivity contribution >= 4 is 17.5 Å². The first kappa shape index (κ1) is 13.2.